The highest BCUT2D eigenvalue weighted by atomic mass is 32.1. The average molecular weight is 289 g/mol. The van der Waals surface area contributed by atoms with E-state index in [4.69, 9.17) is 4.74 Å². The van der Waals surface area contributed by atoms with Gasteiger partial charge in [0.05, 0.1) is 18.3 Å². The molecule has 1 aromatic heterocycles. The molecule has 1 heterocycles. The fraction of sp³-hybridized carbons (Fsp3) is 0.412. The lowest BCUT2D eigenvalue weighted by Gasteiger charge is -2.18. The third-order valence-corrected chi connectivity index (χ3v) is 4.47. The molecule has 0 saturated carbocycles. The van der Waals surface area contributed by atoms with Crippen LogP contribution in [-0.4, -0.2) is 6.61 Å². The van der Waals surface area contributed by atoms with Gasteiger partial charge in [-0.05, 0) is 61.9 Å². The van der Waals surface area contributed by atoms with E-state index < -0.39 is 0 Å². The van der Waals surface area contributed by atoms with Crippen LogP contribution in [0.5, 0.6) is 5.75 Å². The van der Waals surface area contributed by atoms with E-state index in [0.29, 0.717) is 6.04 Å². The fourth-order valence-corrected chi connectivity index (χ4v) is 3.14. The minimum absolute atomic E-state index is 0.293. The third kappa shape index (κ3) is 3.54. The molecule has 0 saturated heterocycles. The molecule has 1 N–H and O–H groups in total. The summed E-state index contributed by atoms with van der Waals surface area (Å²) in [5.74, 6) is 0.952. The Labute approximate surface area is 125 Å². The van der Waals surface area contributed by atoms with Gasteiger partial charge in [-0.1, -0.05) is 13.0 Å². The molecule has 0 amide bonds. The normalized spacial score (nSPS) is 12.2. The summed E-state index contributed by atoms with van der Waals surface area (Å²) in [5, 5.41) is 5.72. The van der Waals surface area contributed by atoms with Gasteiger partial charge in [-0.25, -0.2) is 0 Å². The van der Waals surface area contributed by atoms with E-state index >= 15 is 0 Å². The summed E-state index contributed by atoms with van der Waals surface area (Å²) in [6, 6.07) is 8.80. The monoisotopic (exact) mass is 289 g/mol. The van der Waals surface area contributed by atoms with Crippen LogP contribution in [0.3, 0.4) is 0 Å². The van der Waals surface area contributed by atoms with Crippen LogP contribution in [0.4, 0.5) is 5.69 Å². The van der Waals surface area contributed by atoms with Crippen molar-refractivity contribution in [2.45, 2.75) is 40.2 Å². The zero-order valence-electron chi connectivity index (χ0n) is 12.7. The topological polar surface area (TPSA) is 21.3 Å². The minimum atomic E-state index is 0.293. The van der Waals surface area contributed by atoms with Crippen molar-refractivity contribution in [3.8, 4) is 5.75 Å². The van der Waals surface area contributed by atoms with E-state index in [2.05, 4.69) is 62.7 Å². The van der Waals surface area contributed by atoms with Crippen molar-refractivity contribution in [3.05, 3.63) is 45.6 Å². The second-order valence-corrected chi connectivity index (χ2v) is 6.13. The molecular formula is C17H23NOS. The molecule has 1 atom stereocenters. The first-order chi connectivity index (χ1) is 9.61. The highest BCUT2D eigenvalue weighted by Gasteiger charge is 2.12. The fourth-order valence-electron chi connectivity index (χ4n) is 2.21. The van der Waals surface area contributed by atoms with Crippen LogP contribution in [0.25, 0.3) is 0 Å². The number of anilines is 1. The van der Waals surface area contributed by atoms with Gasteiger partial charge in [-0.2, -0.15) is 0 Å². The van der Waals surface area contributed by atoms with Gasteiger partial charge in [0.15, 0.2) is 0 Å². The van der Waals surface area contributed by atoms with E-state index in [9.17, 15) is 0 Å². The molecule has 1 aromatic carbocycles. The highest BCUT2D eigenvalue weighted by Crippen LogP contribution is 2.32. The number of aryl methyl sites for hydroxylation is 2. The summed E-state index contributed by atoms with van der Waals surface area (Å²) in [5.41, 5.74) is 3.64. The Kier molecular flexibility index (Phi) is 5.07. The summed E-state index contributed by atoms with van der Waals surface area (Å²) < 4.78 is 5.86. The Morgan fingerprint density at radius 1 is 1.25 bits per heavy atom. The van der Waals surface area contributed by atoms with Crippen LogP contribution in [0.1, 0.15) is 42.3 Å². The third-order valence-electron chi connectivity index (χ3n) is 3.27. The van der Waals surface area contributed by atoms with E-state index in [1.807, 2.05) is 0 Å². The lowest BCUT2D eigenvalue weighted by molar-refractivity contribution is 0.318. The van der Waals surface area contributed by atoms with Crippen molar-refractivity contribution in [3.63, 3.8) is 0 Å². The molecule has 0 aliphatic carbocycles. The van der Waals surface area contributed by atoms with Gasteiger partial charge in [-0.15, -0.1) is 11.3 Å². The van der Waals surface area contributed by atoms with Crippen molar-refractivity contribution in [2.24, 2.45) is 0 Å². The van der Waals surface area contributed by atoms with Crippen molar-refractivity contribution in [2.75, 3.05) is 11.9 Å². The molecule has 0 fully saturated rings. The summed E-state index contributed by atoms with van der Waals surface area (Å²) in [7, 11) is 0. The van der Waals surface area contributed by atoms with Crippen LogP contribution in [0.2, 0.25) is 0 Å². The van der Waals surface area contributed by atoms with E-state index in [1.54, 1.807) is 11.3 Å². The molecule has 2 nitrogen and oxygen atoms in total. The maximum Gasteiger partial charge on any atom is 0.142 e. The Bertz CT molecular complexity index is 562. The smallest absolute Gasteiger partial charge is 0.142 e. The Morgan fingerprint density at radius 2 is 2.05 bits per heavy atom. The second kappa shape index (κ2) is 6.80. The Balaban J connectivity index is 2.18. The van der Waals surface area contributed by atoms with Crippen LogP contribution in [0.15, 0.2) is 29.6 Å². The second-order valence-electron chi connectivity index (χ2n) is 5.18. The van der Waals surface area contributed by atoms with Gasteiger partial charge in [0, 0.05) is 4.88 Å². The number of hydrogen-bond donors (Lipinski definition) is 1. The largest absolute Gasteiger partial charge is 0.491 e. The Hall–Kier alpha value is -1.48. The molecule has 0 spiro atoms. The van der Waals surface area contributed by atoms with Crippen LogP contribution in [0, 0.1) is 13.8 Å². The molecule has 20 heavy (non-hydrogen) atoms. The summed E-state index contributed by atoms with van der Waals surface area (Å²) >= 11 is 1.80. The lowest BCUT2D eigenvalue weighted by atomic mass is 10.1. The first-order valence-electron chi connectivity index (χ1n) is 7.15. The van der Waals surface area contributed by atoms with Crippen LogP contribution in [-0.2, 0) is 0 Å². The zero-order valence-corrected chi connectivity index (χ0v) is 13.5. The molecule has 108 valence electrons. The van der Waals surface area contributed by atoms with Gasteiger partial charge < -0.3 is 10.1 Å². The number of benzene rings is 1. The highest BCUT2D eigenvalue weighted by molar-refractivity contribution is 7.10. The maximum absolute atomic E-state index is 5.86. The van der Waals surface area contributed by atoms with Crippen molar-refractivity contribution in [1.82, 2.24) is 0 Å². The standard InChI is InChI=1S/C17H23NOS/c1-5-9-19-16-11-12(2)6-7-15(16)18-14(4)17-13(3)8-10-20-17/h6-8,10-11,14,18H,5,9H2,1-4H3. The summed E-state index contributed by atoms with van der Waals surface area (Å²) in [6.07, 6.45) is 1.02. The quantitative estimate of drug-likeness (QED) is 0.776. The first kappa shape index (κ1) is 14.9. The van der Waals surface area contributed by atoms with E-state index in [1.165, 1.54) is 16.0 Å². The van der Waals surface area contributed by atoms with Gasteiger partial charge in [0.25, 0.3) is 0 Å². The summed E-state index contributed by atoms with van der Waals surface area (Å²) in [6.45, 7) is 9.33. The molecule has 3 heteroatoms. The van der Waals surface area contributed by atoms with Crippen molar-refractivity contribution >= 4 is 17.0 Å². The number of nitrogens with one attached hydrogen (secondary N) is 1. The number of ether oxygens (including phenoxy) is 1. The van der Waals surface area contributed by atoms with Crippen molar-refractivity contribution < 1.29 is 4.74 Å². The lowest BCUT2D eigenvalue weighted by Crippen LogP contribution is -2.08. The molecule has 2 aromatic rings. The zero-order chi connectivity index (χ0) is 14.5. The molecular weight excluding hydrogens is 266 g/mol. The van der Waals surface area contributed by atoms with Crippen LogP contribution < -0.4 is 10.1 Å². The molecule has 0 aliphatic heterocycles. The predicted octanol–water partition coefficient (Wildman–Crippen LogP) is 5.33. The SMILES string of the molecule is CCCOc1cc(C)ccc1NC(C)c1sccc1C. The first-order valence-corrected chi connectivity index (χ1v) is 8.03. The van der Waals surface area contributed by atoms with Crippen molar-refractivity contribution in [1.29, 1.82) is 0 Å². The van der Waals surface area contributed by atoms with Gasteiger partial charge in [0.1, 0.15) is 5.75 Å². The van der Waals surface area contributed by atoms with E-state index in [0.717, 1.165) is 24.5 Å². The van der Waals surface area contributed by atoms with Gasteiger partial charge >= 0.3 is 0 Å². The number of rotatable bonds is 6. The van der Waals surface area contributed by atoms with Gasteiger partial charge in [0.2, 0.25) is 0 Å². The molecule has 1 unspecified atom stereocenters. The predicted molar refractivity (Wildman–Crippen MR) is 88.1 cm³/mol. The maximum atomic E-state index is 5.86. The number of hydrogen-bond acceptors (Lipinski definition) is 3. The minimum Gasteiger partial charge on any atom is -0.491 e. The van der Waals surface area contributed by atoms with Crippen LogP contribution >= 0.6 is 11.3 Å². The average Bonchev–Trinajstić information content (AvgIpc) is 2.85. The van der Waals surface area contributed by atoms with Gasteiger partial charge in [-0.3, -0.25) is 0 Å². The number of thiophene rings is 1. The van der Waals surface area contributed by atoms with E-state index in [-0.39, 0.29) is 0 Å². The Morgan fingerprint density at radius 3 is 2.70 bits per heavy atom. The molecule has 2 rings (SSSR count). The molecule has 0 aliphatic rings. The molecule has 0 bridgehead atoms. The summed E-state index contributed by atoms with van der Waals surface area (Å²) in [4.78, 5) is 1.38. The molecule has 0 radical (unpaired) electrons.